The topological polar surface area (TPSA) is 81.2 Å². The van der Waals surface area contributed by atoms with Gasteiger partial charge in [-0.15, -0.1) is 0 Å². The highest BCUT2D eigenvalue weighted by Gasteiger charge is 2.33. The molecule has 0 aromatic carbocycles. The number of carbonyl (C=O) groups excluding carboxylic acids is 1. The van der Waals surface area contributed by atoms with E-state index in [1.54, 1.807) is 6.92 Å². The standard InChI is InChI=1S/C9H10N2O4/c1-5-4-6(8(13)15-5)11-3-2-7(12)10-9(11)14/h2-3,5-6H,4H2,1H3,(H,10,12,14). The van der Waals surface area contributed by atoms with Gasteiger partial charge in [0.15, 0.2) is 0 Å². The highest BCUT2D eigenvalue weighted by molar-refractivity contribution is 5.76. The number of rotatable bonds is 1. The van der Waals surface area contributed by atoms with Crippen LogP contribution in [0.3, 0.4) is 0 Å². The molecule has 1 aromatic rings. The van der Waals surface area contributed by atoms with Crippen LogP contribution < -0.4 is 11.2 Å². The molecule has 1 aromatic heterocycles. The van der Waals surface area contributed by atoms with Crippen LogP contribution in [0, 0.1) is 0 Å². The minimum absolute atomic E-state index is 0.193. The van der Waals surface area contributed by atoms with Gasteiger partial charge in [-0.3, -0.25) is 14.3 Å². The summed E-state index contributed by atoms with van der Waals surface area (Å²) in [6.07, 6.45) is 1.57. The monoisotopic (exact) mass is 210 g/mol. The molecule has 0 bridgehead atoms. The van der Waals surface area contributed by atoms with Crippen LogP contribution in [0.2, 0.25) is 0 Å². The second-order valence-corrected chi connectivity index (χ2v) is 3.52. The van der Waals surface area contributed by atoms with Gasteiger partial charge in [0.2, 0.25) is 0 Å². The van der Waals surface area contributed by atoms with Crippen molar-refractivity contribution >= 4 is 5.97 Å². The fraction of sp³-hybridized carbons (Fsp3) is 0.444. The minimum Gasteiger partial charge on any atom is -0.461 e. The summed E-state index contributed by atoms with van der Waals surface area (Å²) in [6.45, 7) is 1.76. The Labute approximate surface area is 84.5 Å². The summed E-state index contributed by atoms with van der Waals surface area (Å²) in [5.41, 5.74) is -1.06. The Balaban J connectivity index is 2.42. The molecule has 6 heteroatoms. The van der Waals surface area contributed by atoms with Gasteiger partial charge in [-0.25, -0.2) is 9.59 Å². The molecule has 80 valence electrons. The molecule has 15 heavy (non-hydrogen) atoms. The maximum absolute atomic E-state index is 11.4. The highest BCUT2D eigenvalue weighted by atomic mass is 16.6. The van der Waals surface area contributed by atoms with Crippen LogP contribution in [0.4, 0.5) is 0 Å². The Morgan fingerprint density at radius 2 is 2.20 bits per heavy atom. The van der Waals surface area contributed by atoms with Gasteiger partial charge in [0, 0.05) is 18.7 Å². The number of hydrogen-bond acceptors (Lipinski definition) is 4. The average Bonchev–Trinajstić information content (AvgIpc) is 2.45. The van der Waals surface area contributed by atoms with Crippen LogP contribution in [0.25, 0.3) is 0 Å². The molecule has 2 unspecified atom stereocenters. The van der Waals surface area contributed by atoms with E-state index in [0.717, 1.165) is 0 Å². The van der Waals surface area contributed by atoms with Crippen LogP contribution in [-0.2, 0) is 9.53 Å². The highest BCUT2D eigenvalue weighted by Crippen LogP contribution is 2.23. The van der Waals surface area contributed by atoms with Gasteiger partial charge in [-0.1, -0.05) is 0 Å². The molecule has 0 saturated carbocycles. The van der Waals surface area contributed by atoms with Gasteiger partial charge in [0.1, 0.15) is 12.1 Å². The first-order valence-electron chi connectivity index (χ1n) is 4.60. The van der Waals surface area contributed by atoms with Gasteiger partial charge >= 0.3 is 11.7 Å². The third kappa shape index (κ3) is 1.70. The summed E-state index contributed by atoms with van der Waals surface area (Å²) < 4.78 is 6.11. The van der Waals surface area contributed by atoms with Crippen LogP contribution in [0.15, 0.2) is 21.9 Å². The van der Waals surface area contributed by atoms with E-state index in [-0.39, 0.29) is 6.10 Å². The van der Waals surface area contributed by atoms with E-state index in [0.29, 0.717) is 6.42 Å². The molecule has 0 radical (unpaired) electrons. The van der Waals surface area contributed by atoms with Crippen LogP contribution in [-0.4, -0.2) is 21.6 Å². The fourth-order valence-corrected chi connectivity index (χ4v) is 1.64. The number of nitrogens with zero attached hydrogens (tertiary/aromatic N) is 1. The summed E-state index contributed by atoms with van der Waals surface area (Å²) in [5.74, 6) is -0.434. The second-order valence-electron chi connectivity index (χ2n) is 3.52. The number of nitrogens with one attached hydrogen (secondary N) is 1. The van der Waals surface area contributed by atoms with Crippen molar-refractivity contribution in [1.29, 1.82) is 0 Å². The molecule has 2 heterocycles. The Kier molecular flexibility index (Phi) is 2.18. The summed E-state index contributed by atoms with van der Waals surface area (Å²) >= 11 is 0. The maximum atomic E-state index is 11.4. The molecular formula is C9H10N2O4. The molecule has 0 amide bonds. The van der Waals surface area contributed by atoms with E-state index in [9.17, 15) is 14.4 Å². The quantitative estimate of drug-likeness (QED) is 0.628. The number of cyclic esters (lactones) is 1. The first-order valence-corrected chi connectivity index (χ1v) is 4.60. The number of H-pyrrole nitrogens is 1. The Morgan fingerprint density at radius 1 is 1.47 bits per heavy atom. The summed E-state index contributed by atoms with van der Waals surface area (Å²) in [7, 11) is 0. The van der Waals surface area contributed by atoms with E-state index in [2.05, 4.69) is 4.98 Å². The van der Waals surface area contributed by atoms with E-state index < -0.39 is 23.3 Å². The maximum Gasteiger partial charge on any atom is 0.329 e. The second kappa shape index (κ2) is 3.38. The lowest BCUT2D eigenvalue weighted by Gasteiger charge is -2.07. The molecule has 0 aliphatic carbocycles. The third-order valence-corrected chi connectivity index (χ3v) is 2.33. The van der Waals surface area contributed by atoms with Crippen LogP contribution in [0.5, 0.6) is 0 Å². The number of carbonyl (C=O) groups is 1. The first-order chi connectivity index (χ1) is 7.08. The normalized spacial score (nSPS) is 25.3. The first kappa shape index (κ1) is 9.70. The van der Waals surface area contributed by atoms with Crippen LogP contribution >= 0.6 is 0 Å². The van der Waals surface area contributed by atoms with Gasteiger partial charge in [-0.2, -0.15) is 0 Å². The van der Waals surface area contributed by atoms with E-state index in [1.165, 1.54) is 16.8 Å². The van der Waals surface area contributed by atoms with E-state index in [1.807, 2.05) is 0 Å². The van der Waals surface area contributed by atoms with Gasteiger partial charge in [0.25, 0.3) is 5.56 Å². The van der Waals surface area contributed by atoms with E-state index in [4.69, 9.17) is 4.74 Å². The lowest BCUT2D eigenvalue weighted by molar-refractivity contribution is -0.143. The number of aromatic nitrogens is 2. The molecule has 1 fully saturated rings. The molecule has 1 aliphatic rings. The number of esters is 1. The van der Waals surface area contributed by atoms with Crippen molar-refractivity contribution in [2.75, 3.05) is 0 Å². The fourth-order valence-electron chi connectivity index (χ4n) is 1.64. The van der Waals surface area contributed by atoms with Crippen molar-refractivity contribution in [2.45, 2.75) is 25.5 Å². The zero-order chi connectivity index (χ0) is 11.0. The van der Waals surface area contributed by atoms with Crippen molar-refractivity contribution in [3.05, 3.63) is 33.1 Å². The molecular weight excluding hydrogens is 200 g/mol. The predicted octanol–water partition coefficient (Wildman–Crippen LogP) is -0.587. The number of ether oxygens (including phenoxy) is 1. The third-order valence-electron chi connectivity index (χ3n) is 2.33. The lowest BCUT2D eigenvalue weighted by atomic mass is 10.2. The van der Waals surface area contributed by atoms with Crippen molar-refractivity contribution in [1.82, 2.24) is 9.55 Å². The Bertz CT molecular complexity index is 501. The van der Waals surface area contributed by atoms with Crippen molar-refractivity contribution < 1.29 is 9.53 Å². The molecule has 1 N–H and O–H groups in total. The van der Waals surface area contributed by atoms with Gasteiger partial charge < -0.3 is 4.74 Å². The van der Waals surface area contributed by atoms with Crippen molar-refractivity contribution in [3.8, 4) is 0 Å². The molecule has 0 spiro atoms. The summed E-state index contributed by atoms with van der Waals surface area (Å²) in [4.78, 5) is 35.6. The van der Waals surface area contributed by atoms with Gasteiger partial charge in [-0.05, 0) is 6.92 Å². The zero-order valence-corrected chi connectivity index (χ0v) is 8.10. The molecule has 1 aliphatic heterocycles. The summed E-state index contributed by atoms with van der Waals surface area (Å²) in [5, 5.41) is 0. The van der Waals surface area contributed by atoms with Gasteiger partial charge in [0.05, 0.1) is 0 Å². The predicted molar refractivity (Wildman–Crippen MR) is 50.5 cm³/mol. The number of hydrogen-bond donors (Lipinski definition) is 1. The van der Waals surface area contributed by atoms with E-state index >= 15 is 0 Å². The molecule has 1 saturated heterocycles. The molecule has 6 nitrogen and oxygen atoms in total. The lowest BCUT2D eigenvalue weighted by Crippen LogP contribution is -2.33. The molecule has 2 rings (SSSR count). The van der Waals surface area contributed by atoms with Crippen LogP contribution in [0.1, 0.15) is 19.4 Å². The molecule has 2 atom stereocenters. The average molecular weight is 210 g/mol. The Morgan fingerprint density at radius 3 is 2.73 bits per heavy atom. The SMILES string of the molecule is CC1CC(n2ccc(=O)[nH]c2=O)C(=O)O1. The summed E-state index contributed by atoms with van der Waals surface area (Å²) in [6, 6.07) is 0.585. The van der Waals surface area contributed by atoms with Crippen molar-refractivity contribution in [2.24, 2.45) is 0 Å². The zero-order valence-electron chi connectivity index (χ0n) is 8.10. The smallest absolute Gasteiger partial charge is 0.329 e. The Hall–Kier alpha value is -1.85. The largest absolute Gasteiger partial charge is 0.461 e. The number of aromatic amines is 1. The van der Waals surface area contributed by atoms with Crippen molar-refractivity contribution in [3.63, 3.8) is 0 Å². The minimum atomic E-state index is -0.621.